The molecule has 1 spiro atoms. The van der Waals surface area contributed by atoms with Gasteiger partial charge < -0.3 is 9.64 Å². The third kappa shape index (κ3) is 3.52. The number of anilines is 1. The van der Waals surface area contributed by atoms with Crippen LogP contribution in [0.3, 0.4) is 0 Å². The molecule has 3 atom stereocenters. The summed E-state index contributed by atoms with van der Waals surface area (Å²) in [6.07, 6.45) is 3.81. The molecule has 6 heteroatoms. The number of hydrogen-bond acceptors (Lipinski definition) is 5. The highest BCUT2D eigenvalue weighted by Gasteiger charge is 2.71. The Hall–Kier alpha value is -4.48. The van der Waals surface area contributed by atoms with Gasteiger partial charge in [0.15, 0.2) is 17.3 Å². The van der Waals surface area contributed by atoms with E-state index in [1.54, 1.807) is 42.5 Å². The minimum atomic E-state index is -1.58. The molecule has 0 N–H and O–H groups in total. The molecule has 1 fully saturated rings. The number of ketones is 3. The second-order valence-electron chi connectivity index (χ2n) is 10.6. The summed E-state index contributed by atoms with van der Waals surface area (Å²) < 4.78 is 6.08. The second kappa shape index (κ2) is 9.57. The number of halogens is 1. The number of nitrogens with zero attached hydrogens (tertiary/aromatic N) is 1. The van der Waals surface area contributed by atoms with Crippen LogP contribution < -0.4 is 9.64 Å². The van der Waals surface area contributed by atoms with E-state index in [9.17, 15) is 14.4 Å². The number of fused-ring (bicyclic) bond motifs is 5. The van der Waals surface area contributed by atoms with Crippen LogP contribution in [0.5, 0.6) is 5.75 Å². The van der Waals surface area contributed by atoms with Gasteiger partial charge in [-0.1, -0.05) is 96.5 Å². The maximum atomic E-state index is 14.8. The van der Waals surface area contributed by atoms with Crippen molar-refractivity contribution in [1.82, 2.24) is 0 Å². The van der Waals surface area contributed by atoms with E-state index >= 15 is 0 Å². The average molecular weight is 560 g/mol. The van der Waals surface area contributed by atoms with E-state index in [1.807, 2.05) is 78.6 Å². The fraction of sp³-hybridized carbons (Fsp3) is 0.171. The van der Waals surface area contributed by atoms with Crippen LogP contribution in [-0.4, -0.2) is 36.0 Å². The molecule has 2 aliphatic heterocycles. The number of benzene rings is 4. The Balaban J connectivity index is 1.57. The quantitative estimate of drug-likeness (QED) is 0.193. The van der Waals surface area contributed by atoms with E-state index < -0.39 is 23.4 Å². The number of para-hydroxylation sites is 1. The van der Waals surface area contributed by atoms with Gasteiger partial charge in [0.05, 0.1) is 12.6 Å². The van der Waals surface area contributed by atoms with Crippen LogP contribution in [0, 0.1) is 5.41 Å². The lowest BCUT2D eigenvalue weighted by molar-refractivity contribution is 0.0664. The first-order valence-corrected chi connectivity index (χ1v) is 14.1. The lowest BCUT2D eigenvalue weighted by atomic mass is 9.64. The van der Waals surface area contributed by atoms with Crippen LogP contribution in [0.1, 0.15) is 55.0 Å². The molecule has 1 saturated heterocycles. The van der Waals surface area contributed by atoms with Gasteiger partial charge >= 0.3 is 0 Å². The number of rotatable bonds is 5. The molecule has 0 unspecified atom stereocenters. The smallest absolute Gasteiger partial charge is 0.185 e. The van der Waals surface area contributed by atoms with Gasteiger partial charge in [0.1, 0.15) is 17.2 Å². The van der Waals surface area contributed by atoms with Crippen LogP contribution in [0.2, 0.25) is 5.02 Å². The Morgan fingerprint density at radius 1 is 0.878 bits per heavy atom. The normalized spacial score (nSPS) is 21.5. The second-order valence-corrected chi connectivity index (χ2v) is 11.0. The van der Waals surface area contributed by atoms with Crippen molar-refractivity contribution >= 4 is 40.7 Å². The zero-order valence-corrected chi connectivity index (χ0v) is 23.0. The van der Waals surface area contributed by atoms with E-state index in [2.05, 4.69) is 0 Å². The van der Waals surface area contributed by atoms with Crippen LogP contribution >= 0.6 is 11.6 Å². The van der Waals surface area contributed by atoms with Crippen molar-refractivity contribution < 1.29 is 19.1 Å². The highest BCUT2D eigenvalue weighted by Crippen LogP contribution is 2.62. The van der Waals surface area contributed by atoms with Crippen LogP contribution in [0.15, 0.2) is 103 Å². The fourth-order valence-corrected chi connectivity index (χ4v) is 7.27. The molecule has 41 heavy (non-hydrogen) atoms. The summed E-state index contributed by atoms with van der Waals surface area (Å²) in [4.78, 5) is 46.2. The summed E-state index contributed by atoms with van der Waals surface area (Å²) in [6.45, 7) is 2.28. The molecule has 4 aromatic rings. The van der Waals surface area contributed by atoms with Crippen molar-refractivity contribution in [3.8, 4) is 5.75 Å². The van der Waals surface area contributed by atoms with Crippen molar-refractivity contribution in [2.24, 2.45) is 5.41 Å². The van der Waals surface area contributed by atoms with Gasteiger partial charge in [-0.05, 0) is 36.8 Å². The largest absolute Gasteiger partial charge is 0.494 e. The molecule has 4 aromatic carbocycles. The molecule has 0 amide bonds. The molecular weight excluding hydrogens is 534 g/mol. The lowest BCUT2D eigenvalue weighted by Gasteiger charge is -2.37. The molecule has 3 aliphatic rings. The fourth-order valence-electron chi connectivity index (χ4n) is 7.09. The molecule has 2 heterocycles. The SMILES string of the molecule is CCOc1ccccc1[C@@H]1[C@@H](C(=O)c2ccccc2)N2c3ccc(Cl)cc3C=C[C@H]2C12C(=O)c1ccccc1C2=O. The van der Waals surface area contributed by atoms with Gasteiger partial charge in [0.2, 0.25) is 0 Å². The Labute approximate surface area is 243 Å². The minimum Gasteiger partial charge on any atom is -0.494 e. The standard InChI is InChI=1S/C35H26ClNO4/c1-2-41-28-15-9-8-14-26(28)30-31(32(38)21-10-4-3-5-11-21)37-27-18-17-23(36)20-22(27)16-19-29(37)35(30)33(39)24-12-6-7-13-25(24)34(35)40/h3-20,29-31H,2H2,1H3/t29-,30+,31-/m0/s1. The molecular formula is C35H26ClNO4. The molecule has 7 rings (SSSR count). The number of ether oxygens (including phenoxy) is 1. The van der Waals surface area contributed by atoms with E-state index in [0.29, 0.717) is 39.6 Å². The highest BCUT2D eigenvalue weighted by molar-refractivity contribution is 6.32. The summed E-state index contributed by atoms with van der Waals surface area (Å²) in [5.41, 5.74) is 1.94. The summed E-state index contributed by atoms with van der Waals surface area (Å²) in [5, 5.41) is 0.561. The zero-order chi connectivity index (χ0) is 28.3. The number of hydrogen-bond donors (Lipinski definition) is 0. The highest BCUT2D eigenvalue weighted by atomic mass is 35.5. The van der Waals surface area contributed by atoms with Crippen LogP contribution in [-0.2, 0) is 0 Å². The van der Waals surface area contributed by atoms with Crippen molar-refractivity contribution in [2.45, 2.75) is 24.9 Å². The molecule has 1 aliphatic carbocycles. The predicted octanol–water partition coefficient (Wildman–Crippen LogP) is 7.06. The lowest BCUT2D eigenvalue weighted by Crippen LogP contribution is -2.48. The van der Waals surface area contributed by atoms with Crippen LogP contribution in [0.25, 0.3) is 6.08 Å². The molecule has 0 aromatic heterocycles. The third-order valence-corrected chi connectivity index (χ3v) is 8.88. The number of carbonyl (C=O) groups is 3. The predicted molar refractivity (Wildman–Crippen MR) is 159 cm³/mol. The summed E-state index contributed by atoms with van der Waals surface area (Å²) in [5.74, 6) is -0.982. The first kappa shape index (κ1) is 25.5. The Bertz CT molecular complexity index is 1730. The van der Waals surface area contributed by atoms with E-state index in [1.165, 1.54) is 0 Å². The summed E-state index contributed by atoms with van der Waals surface area (Å²) in [7, 11) is 0. The molecule has 0 radical (unpaired) electrons. The van der Waals surface area contributed by atoms with Crippen molar-refractivity contribution in [1.29, 1.82) is 0 Å². The zero-order valence-electron chi connectivity index (χ0n) is 22.3. The maximum absolute atomic E-state index is 14.8. The first-order valence-electron chi connectivity index (χ1n) is 13.7. The Kier molecular flexibility index (Phi) is 5.95. The number of carbonyl (C=O) groups excluding carboxylic acids is 3. The van der Waals surface area contributed by atoms with E-state index in [0.717, 1.165) is 11.3 Å². The van der Waals surface area contributed by atoms with Gasteiger partial charge in [0.25, 0.3) is 0 Å². The topological polar surface area (TPSA) is 63.7 Å². The number of Topliss-reactive ketones (excluding diaryl/α,β-unsaturated/α-hetero) is 3. The monoisotopic (exact) mass is 559 g/mol. The minimum absolute atomic E-state index is 0.170. The molecule has 5 nitrogen and oxygen atoms in total. The molecule has 202 valence electrons. The van der Waals surface area contributed by atoms with Gasteiger partial charge in [0, 0.05) is 38.9 Å². The van der Waals surface area contributed by atoms with Gasteiger partial charge in [-0.2, -0.15) is 0 Å². The Morgan fingerprint density at radius 3 is 2.24 bits per heavy atom. The third-order valence-electron chi connectivity index (χ3n) is 8.65. The van der Waals surface area contributed by atoms with Crippen molar-refractivity contribution in [3.63, 3.8) is 0 Å². The van der Waals surface area contributed by atoms with E-state index in [-0.39, 0.29) is 17.3 Å². The van der Waals surface area contributed by atoms with E-state index in [4.69, 9.17) is 16.3 Å². The molecule has 0 saturated carbocycles. The van der Waals surface area contributed by atoms with Crippen molar-refractivity contribution in [2.75, 3.05) is 11.5 Å². The Morgan fingerprint density at radius 2 is 1.54 bits per heavy atom. The van der Waals surface area contributed by atoms with Gasteiger partial charge in [-0.15, -0.1) is 0 Å². The summed E-state index contributed by atoms with van der Waals surface area (Å²) in [6, 6.07) is 27.4. The van der Waals surface area contributed by atoms with Crippen LogP contribution in [0.4, 0.5) is 5.69 Å². The molecule has 0 bridgehead atoms. The van der Waals surface area contributed by atoms with Gasteiger partial charge in [-0.3, -0.25) is 14.4 Å². The van der Waals surface area contributed by atoms with Gasteiger partial charge in [-0.25, -0.2) is 0 Å². The summed E-state index contributed by atoms with van der Waals surface area (Å²) >= 11 is 6.38. The average Bonchev–Trinajstić information content (AvgIpc) is 3.43. The first-order chi connectivity index (χ1) is 20.0. The van der Waals surface area contributed by atoms with Crippen molar-refractivity contribution in [3.05, 3.63) is 136 Å². The maximum Gasteiger partial charge on any atom is 0.185 e.